The lowest BCUT2D eigenvalue weighted by molar-refractivity contribution is 0.0982. The van der Waals surface area contributed by atoms with E-state index in [4.69, 9.17) is 11.6 Å². The van der Waals surface area contributed by atoms with Gasteiger partial charge in [0.15, 0.2) is 0 Å². The molecule has 0 spiro atoms. The van der Waals surface area contributed by atoms with Crippen LogP contribution in [0, 0.1) is 0 Å². The van der Waals surface area contributed by atoms with E-state index in [1.54, 1.807) is 0 Å². The molecule has 0 amide bonds. The largest absolute Gasteiger partial charge is 0.258 e. The van der Waals surface area contributed by atoms with E-state index >= 15 is 0 Å². The minimum absolute atomic E-state index is 0.438. The lowest BCUT2D eigenvalue weighted by Gasteiger charge is -2.34. The van der Waals surface area contributed by atoms with E-state index in [-0.39, 0.29) is 0 Å². The van der Waals surface area contributed by atoms with Crippen LogP contribution in [0.15, 0.2) is 18.3 Å². The molecule has 1 aromatic heterocycles. The molecule has 2 heterocycles. The minimum atomic E-state index is 0.438. The van der Waals surface area contributed by atoms with Crippen molar-refractivity contribution in [3.8, 4) is 0 Å². The number of nitrogens with zero attached hydrogens (tertiary/aromatic N) is 2. The van der Waals surface area contributed by atoms with E-state index < -0.39 is 0 Å². The van der Waals surface area contributed by atoms with Gasteiger partial charge in [0.05, 0.1) is 6.04 Å². The van der Waals surface area contributed by atoms with Crippen LogP contribution in [0.3, 0.4) is 0 Å². The van der Waals surface area contributed by atoms with E-state index in [1.807, 2.05) is 19.3 Å². The van der Waals surface area contributed by atoms with Crippen LogP contribution in [0.1, 0.15) is 30.9 Å². The van der Waals surface area contributed by atoms with Crippen LogP contribution in [-0.2, 0) is 0 Å². The van der Waals surface area contributed by atoms with Crippen molar-refractivity contribution in [3.63, 3.8) is 0 Å². The molecule has 1 saturated heterocycles. The van der Waals surface area contributed by atoms with Gasteiger partial charge in [-0.05, 0) is 31.5 Å². The molecular weight excluding hydrogens is 210 g/mol. The average Bonchev–Trinajstić information content (AvgIpc) is 2.30. The van der Waals surface area contributed by atoms with Gasteiger partial charge in [0.1, 0.15) is 5.15 Å². The molecule has 2 rings (SSSR count). The first-order chi connectivity index (χ1) is 7.31. The Morgan fingerprint density at radius 2 is 2.33 bits per heavy atom. The van der Waals surface area contributed by atoms with Gasteiger partial charge >= 0.3 is 0 Å². The fraction of sp³-hybridized carbons (Fsp3) is 0.545. The van der Waals surface area contributed by atoms with Crippen LogP contribution in [0.5, 0.6) is 0 Å². The van der Waals surface area contributed by atoms with Crippen LogP contribution in [-0.4, -0.2) is 23.6 Å². The number of nitrogens with one attached hydrogen (secondary N) is 1. The first-order valence-corrected chi connectivity index (χ1v) is 5.74. The molecule has 0 radical (unpaired) electrons. The number of piperidine rings is 1. The molecule has 0 aliphatic carbocycles. The van der Waals surface area contributed by atoms with E-state index in [2.05, 4.69) is 21.5 Å². The van der Waals surface area contributed by atoms with Gasteiger partial charge in [-0.1, -0.05) is 24.1 Å². The maximum absolute atomic E-state index is 5.78. The highest BCUT2D eigenvalue weighted by molar-refractivity contribution is 6.29. The molecule has 0 bridgehead atoms. The molecule has 1 fully saturated rings. The molecule has 1 unspecified atom stereocenters. The van der Waals surface area contributed by atoms with Gasteiger partial charge in [-0.2, -0.15) is 0 Å². The van der Waals surface area contributed by atoms with Gasteiger partial charge in [-0.3, -0.25) is 5.43 Å². The first kappa shape index (κ1) is 10.9. The maximum atomic E-state index is 5.78. The fourth-order valence-electron chi connectivity index (χ4n) is 2.13. The van der Waals surface area contributed by atoms with Crippen molar-refractivity contribution in [1.29, 1.82) is 0 Å². The predicted octanol–water partition coefficient (Wildman–Crippen LogP) is 2.40. The summed E-state index contributed by atoms with van der Waals surface area (Å²) in [6, 6.07) is 4.36. The van der Waals surface area contributed by atoms with Crippen molar-refractivity contribution < 1.29 is 0 Å². The molecule has 3 nitrogen and oxygen atoms in total. The summed E-state index contributed by atoms with van der Waals surface area (Å²) in [5.74, 6) is 0. The highest BCUT2D eigenvalue weighted by Crippen LogP contribution is 2.28. The van der Waals surface area contributed by atoms with Gasteiger partial charge in [-0.25, -0.2) is 9.99 Å². The molecule has 1 aromatic rings. The summed E-state index contributed by atoms with van der Waals surface area (Å²) >= 11 is 5.78. The van der Waals surface area contributed by atoms with E-state index in [1.165, 1.54) is 24.8 Å². The molecule has 1 aliphatic heterocycles. The molecular formula is C11H16ClN3. The van der Waals surface area contributed by atoms with Crippen molar-refractivity contribution >= 4 is 11.6 Å². The number of halogens is 1. The third-order valence-corrected chi connectivity index (χ3v) is 3.15. The third kappa shape index (κ3) is 2.48. The fourth-order valence-corrected chi connectivity index (χ4v) is 2.24. The second kappa shape index (κ2) is 4.92. The normalized spacial score (nSPS) is 22.9. The summed E-state index contributed by atoms with van der Waals surface area (Å²) in [6.45, 7) is 1.10. The van der Waals surface area contributed by atoms with Gasteiger partial charge in [0.2, 0.25) is 0 Å². The molecule has 1 aliphatic rings. The Labute approximate surface area is 95.4 Å². The number of hydrogen-bond acceptors (Lipinski definition) is 3. The predicted molar refractivity (Wildman–Crippen MR) is 61.6 cm³/mol. The summed E-state index contributed by atoms with van der Waals surface area (Å²) in [5, 5.41) is 2.83. The molecule has 1 N–H and O–H groups in total. The summed E-state index contributed by atoms with van der Waals surface area (Å²) in [4.78, 5) is 4.13. The maximum Gasteiger partial charge on any atom is 0.129 e. The van der Waals surface area contributed by atoms with Gasteiger partial charge < -0.3 is 0 Å². The molecule has 1 atom stereocenters. The Morgan fingerprint density at radius 3 is 3.00 bits per heavy atom. The topological polar surface area (TPSA) is 28.2 Å². The summed E-state index contributed by atoms with van der Waals surface area (Å²) in [5.41, 5.74) is 4.48. The highest BCUT2D eigenvalue weighted by atomic mass is 35.5. The lowest BCUT2D eigenvalue weighted by Crippen LogP contribution is -2.41. The van der Waals surface area contributed by atoms with Crippen LogP contribution in [0.4, 0.5) is 0 Å². The second-order valence-corrected chi connectivity index (χ2v) is 4.23. The smallest absolute Gasteiger partial charge is 0.129 e. The Hall–Kier alpha value is -0.640. The van der Waals surface area contributed by atoms with Crippen molar-refractivity contribution in [2.45, 2.75) is 25.3 Å². The van der Waals surface area contributed by atoms with Crippen molar-refractivity contribution in [2.24, 2.45) is 0 Å². The molecule has 0 saturated carbocycles. The number of rotatable bonds is 2. The number of pyridine rings is 1. The first-order valence-electron chi connectivity index (χ1n) is 5.37. The molecule has 0 aromatic carbocycles. The van der Waals surface area contributed by atoms with Gasteiger partial charge in [-0.15, -0.1) is 0 Å². The Kier molecular flexibility index (Phi) is 3.57. The Morgan fingerprint density at radius 1 is 1.47 bits per heavy atom. The summed E-state index contributed by atoms with van der Waals surface area (Å²) in [6.07, 6.45) is 5.61. The Balaban J connectivity index is 2.16. The van der Waals surface area contributed by atoms with Gasteiger partial charge in [0, 0.05) is 12.7 Å². The van der Waals surface area contributed by atoms with E-state index in [0.29, 0.717) is 11.2 Å². The SMILES string of the molecule is CNN1CCCCC1c1ccc(Cl)nc1. The molecule has 15 heavy (non-hydrogen) atoms. The van der Waals surface area contributed by atoms with Crippen molar-refractivity contribution in [1.82, 2.24) is 15.4 Å². The van der Waals surface area contributed by atoms with Crippen molar-refractivity contribution in [2.75, 3.05) is 13.6 Å². The summed E-state index contributed by atoms with van der Waals surface area (Å²) in [7, 11) is 1.97. The van der Waals surface area contributed by atoms with Crippen molar-refractivity contribution in [3.05, 3.63) is 29.0 Å². The molecule has 4 heteroatoms. The minimum Gasteiger partial charge on any atom is -0.258 e. The second-order valence-electron chi connectivity index (χ2n) is 3.84. The number of hydrogen-bond donors (Lipinski definition) is 1. The summed E-state index contributed by atoms with van der Waals surface area (Å²) < 4.78 is 0. The van der Waals surface area contributed by atoms with Gasteiger partial charge in [0.25, 0.3) is 0 Å². The number of aromatic nitrogens is 1. The van der Waals surface area contributed by atoms with Crippen LogP contribution >= 0.6 is 11.6 Å². The van der Waals surface area contributed by atoms with Crippen LogP contribution < -0.4 is 5.43 Å². The number of hydrazine groups is 1. The standard InChI is InChI=1S/C11H16ClN3/c1-13-15-7-3-2-4-10(15)9-5-6-11(12)14-8-9/h5-6,8,10,13H,2-4,7H2,1H3. The zero-order valence-electron chi connectivity index (χ0n) is 8.91. The van der Waals surface area contributed by atoms with Crippen LogP contribution in [0.2, 0.25) is 5.15 Å². The van der Waals surface area contributed by atoms with E-state index in [9.17, 15) is 0 Å². The van der Waals surface area contributed by atoms with E-state index in [0.717, 1.165) is 6.54 Å². The molecule has 82 valence electrons. The lowest BCUT2D eigenvalue weighted by atomic mass is 9.98. The zero-order chi connectivity index (χ0) is 10.7. The average molecular weight is 226 g/mol. The third-order valence-electron chi connectivity index (χ3n) is 2.93. The van der Waals surface area contributed by atoms with Crippen LogP contribution in [0.25, 0.3) is 0 Å². The zero-order valence-corrected chi connectivity index (χ0v) is 9.67. The quantitative estimate of drug-likeness (QED) is 0.784. The highest BCUT2D eigenvalue weighted by Gasteiger charge is 2.22. The monoisotopic (exact) mass is 225 g/mol. The Bertz CT molecular complexity index is 312.